The molecule has 1 unspecified atom stereocenters. The van der Waals surface area contributed by atoms with Crippen LogP contribution in [0.5, 0.6) is 11.5 Å². The Hall–Kier alpha value is -7.01. The number of amides is 1. The van der Waals surface area contributed by atoms with E-state index in [1.165, 1.54) is 36.0 Å². The molecule has 0 saturated carbocycles. The van der Waals surface area contributed by atoms with Crippen LogP contribution in [0.15, 0.2) is 116 Å². The minimum atomic E-state index is -0.545. The Labute approximate surface area is 340 Å². The SMILES string of the molecule is CC(Nc1ncnc2[nH]c(-c3ccc(O)cc3)cc12)c1ccccc1.CCOc1cc2ncc(C#N)c(Nc3ccc(F)c(Cl)c3)c2cc1NC(=O)C=CCN(C)C. The normalized spacial score (nSPS) is 11.6. The van der Waals surface area contributed by atoms with Gasteiger partial charge in [0, 0.05) is 47.7 Å². The van der Waals surface area contributed by atoms with Crippen LogP contribution in [0.1, 0.15) is 31.0 Å². The molecule has 0 fully saturated rings. The Kier molecular flexibility index (Phi) is 13.1. The number of likely N-dealkylation sites (N-methyl/N-ethyl adjacent to an activating group) is 1. The lowest BCUT2D eigenvalue weighted by Gasteiger charge is -2.16. The average Bonchev–Trinajstić information content (AvgIpc) is 3.66. The first-order chi connectivity index (χ1) is 28.0. The summed E-state index contributed by atoms with van der Waals surface area (Å²) in [5.41, 5.74) is 6.10. The van der Waals surface area contributed by atoms with Gasteiger partial charge in [0.15, 0.2) is 0 Å². The maximum absolute atomic E-state index is 13.6. The molecule has 0 saturated heterocycles. The molecular weight excluding hydrogens is 757 g/mol. The van der Waals surface area contributed by atoms with E-state index in [9.17, 15) is 19.6 Å². The zero-order chi connectivity index (χ0) is 41.2. The van der Waals surface area contributed by atoms with Crippen molar-refractivity contribution in [3.05, 3.63) is 138 Å². The first-order valence-electron chi connectivity index (χ1n) is 18.3. The van der Waals surface area contributed by atoms with Crippen LogP contribution >= 0.6 is 11.6 Å². The maximum atomic E-state index is 13.6. The molecule has 3 heterocycles. The molecule has 1 atom stereocenters. The number of nitrogens with zero attached hydrogens (tertiary/aromatic N) is 5. The van der Waals surface area contributed by atoms with Crippen LogP contribution in [0.3, 0.4) is 0 Å². The smallest absolute Gasteiger partial charge is 0.248 e. The number of nitriles is 1. The third kappa shape index (κ3) is 10.0. The Morgan fingerprint density at radius 3 is 2.52 bits per heavy atom. The van der Waals surface area contributed by atoms with Crippen molar-refractivity contribution in [2.24, 2.45) is 0 Å². The van der Waals surface area contributed by atoms with Gasteiger partial charge in [0.05, 0.1) is 39.5 Å². The number of anilines is 4. The minimum Gasteiger partial charge on any atom is -0.508 e. The van der Waals surface area contributed by atoms with Crippen molar-refractivity contribution in [2.45, 2.75) is 19.9 Å². The lowest BCUT2D eigenvalue weighted by atomic mass is 10.1. The van der Waals surface area contributed by atoms with Crippen molar-refractivity contribution in [1.82, 2.24) is 24.8 Å². The van der Waals surface area contributed by atoms with Gasteiger partial charge in [-0.3, -0.25) is 9.78 Å². The van der Waals surface area contributed by atoms with Crippen LogP contribution in [-0.2, 0) is 4.79 Å². The number of nitrogens with one attached hydrogen (secondary N) is 4. The second kappa shape index (κ2) is 18.8. The van der Waals surface area contributed by atoms with Gasteiger partial charge in [0.1, 0.15) is 41.2 Å². The molecule has 0 aliphatic heterocycles. The number of ether oxygens (including phenoxy) is 1. The Balaban J connectivity index is 0.000000202. The first-order valence-corrected chi connectivity index (χ1v) is 18.7. The number of phenols is 1. The number of aromatic nitrogens is 4. The van der Waals surface area contributed by atoms with E-state index < -0.39 is 5.82 Å². The van der Waals surface area contributed by atoms with Crippen LogP contribution in [0, 0.1) is 17.1 Å². The molecule has 0 spiro atoms. The van der Waals surface area contributed by atoms with Crippen molar-refractivity contribution in [3.63, 3.8) is 0 Å². The number of carbonyl (C=O) groups excluding carboxylic acids is 1. The molecule has 58 heavy (non-hydrogen) atoms. The van der Waals surface area contributed by atoms with E-state index in [0.717, 1.165) is 28.1 Å². The standard InChI is InChI=1S/C24H23ClFN5O2.C20H18N4O/c1-4-33-22-12-20-17(11-21(22)30-23(32)6-5-9-31(2)3)24(15(13-27)14-28-20)29-16-7-8-19(26)18(25)10-16;1-13(14-5-3-2-4-6-14)23-19-17-11-18(24-20(17)22-12-21-19)15-7-9-16(25)10-8-15/h5-8,10-12,14H,4,9H2,1-3H3,(H,28,29)(H,30,32);2-13,25H,1H3,(H2,21,22,23,24). The number of benzene rings is 4. The van der Waals surface area contributed by atoms with Gasteiger partial charge < -0.3 is 35.7 Å². The van der Waals surface area contributed by atoms with Crippen molar-refractivity contribution in [2.75, 3.05) is 43.2 Å². The third-order valence-corrected chi connectivity index (χ3v) is 9.12. The molecule has 7 aromatic rings. The molecular formula is C44H41ClFN9O3. The van der Waals surface area contributed by atoms with Crippen LogP contribution in [0.4, 0.5) is 27.3 Å². The van der Waals surface area contributed by atoms with E-state index in [4.69, 9.17) is 16.3 Å². The van der Waals surface area contributed by atoms with Crippen LogP contribution in [-0.4, -0.2) is 63.1 Å². The highest BCUT2D eigenvalue weighted by Gasteiger charge is 2.16. The monoisotopic (exact) mass is 797 g/mol. The Morgan fingerprint density at radius 2 is 1.81 bits per heavy atom. The van der Waals surface area contributed by atoms with Gasteiger partial charge in [-0.05, 0) is 93.7 Å². The third-order valence-electron chi connectivity index (χ3n) is 8.83. The van der Waals surface area contributed by atoms with Gasteiger partial charge in [-0.25, -0.2) is 14.4 Å². The summed E-state index contributed by atoms with van der Waals surface area (Å²) in [4.78, 5) is 30.8. The van der Waals surface area contributed by atoms with Crippen molar-refractivity contribution < 1.29 is 19.0 Å². The summed E-state index contributed by atoms with van der Waals surface area (Å²) in [6, 6.07) is 29.2. The van der Waals surface area contributed by atoms with Gasteiger partial charge in [-0.15, -0.1) is 0 Å². The molecule has 12 nitrogen and oxygen atoms in total. The summed E-state index contributed by atoms with van der Waals surface area (Å²) in [6.07, 6.45) is 6.19. The quantitative estimate of drug-likeness (QED) is 0.0752. The minimum absolute atomic E-state index is 0.0482. The molecule has 4 aromatic carbocycles. The number of hydrogen-bond donors (Lipinski definition) is 5. The van der Waals surface area contributed by atoms with E-state index in [2.05, 4.69) is 61.0 Å². The van der Waals surface area contributed by atoms with Gasteiger partial charge in [0.2, 0.25) is 5.91 Å². The Morgan fingerprint density at radius 1 is 1.03 bits per heavy atom. The predicted octanol–water partition coefficient (Wildman–Crippen LogP) is 9.60. The van der Waals surface area contributed by atoms with Crippen molar-refractivity contribution >= 4 is 62.3 Å². The number of fused-ring (bicyclic) bond motifs is 2. The largest absolute Gasteiger partial charge is 0.508 e. The number of pyridine rings is 1. The average molecular weight is 798 g/mol. The highest BCUT2D eigenvalue weighted by Crippen LogP contribution is 2.37. The fourth-order valence-corrected chi connectivity index (χ4v) is 6.14. The van der Waals surface area contributed by atoms with E-state index in [1.54, 1.807) is 36.7 Å². The summed E-state index contributed by atoms with van der Waals surface area (Å²) in [7, 11) is 3.81. The fraction of sp³-hybridized carbons (Fsp3) is 0.159. The first kappa shape index (κ1) is 40.6. The molecule has 5 N–H and O–H groups in total. The highest BCUT2D eigenvalue weighted by atomic mass is 35.5. The van der Waals surface area contributed by atoms with E-state index >= 15 is 0 Å². The molecule has 7 rings (SSSR count). The van der Waals surface area contributed by atoms with Crippen molar-refractivity contribution in [1.29, 1.82) is 5.26 Å². The molecule has 0 aliphatic rings. The maximum Gasteiger partial charge on any atom is 0.248 e. The number of aromatic hydroxyl groups is 1. The number of hydrogen-bond acceptors (Lipinski definition) is 10. The zero-order valence-electron chi connectivity index (χ0n) is 32.2. The molecule has 1 amide bonds. The molecule has 14 heteroatoms. The number of carbonyl (C=O) groups is 1. The van der Waals surface area contributed by atoms with Crippen LogP contribution < -0.4 is 20.7 Å². The molecule has 294 valence electrons. The van der Waals surface area contributed by atoms with E-state index in [0.29, 0.717) is 46.9 Å². The lowest BCUT2D eigenvalue weighted by molar-refractivity contribution is -0.111. The summed E-state index contributed by atoms with van der Waals surface area (Å²) >= 11 is 5.91. The molecule has 0 bridgehead atoms. The number of halogens is 2. The van der Waals surface area contributed by atoms with Gasteiger partial charge in [-0.2, -0.15) is 5.26 Å². The van der Waals surface area contributed by atoms with Gasteiger partial charge in [-0.1, -0.05) is 48.0 Å². The summed E-state index contributed by atoms with van der Waals surface area (Å²) in [5, 5.41) is 30.0. The number of H-pyrrole nitrogens is 1. The summed E-state index contributed by atoms with van der Waals surface area (Å²) in [5.74, 6) is 0.631. The Bertz CT molecular complexity index is 2610. The predicted molar refractivity (Wildman–Crippen MR) is 228 cm³/mol. The van der Waals surface area contributed by atoms with Gasteiger partial charge >= 0.3 is 0 Å². The topological polar surface area (TPSA) is 164 Å². The van der Waals surface area contributed by atoms with E-state index in [-0.39, 0.29) is 28.3 Å². The molecule has 0 aliphatic carbocycles. The van der Waals surface area contributed by atoms with E-state index in [1.807, 2.05) is 62.3 Å². The second-order valence-electron chi connectivity index (χ2n) is 13.4. The summed E-state index contributed by atoms with van der Waals surface area (Å²) < 4.78 is 19.3. The lowest BCUT2D eigenvalue weighted by Crippen LogP contribution is -2.13. The number of phenolic OH excluding ortho intramolecular Hbond substituents is 1. The second-order valence-corrected chi connectivity index (χ2v) is 13.8. The van der Waals surface area contributed by atoms with Crippen LogP contribution in [0.2, 0.25) is 5.02 Å². The number of aromatic amines is 1. The summed E-state index contributed by atoms with van der Waals surface area (Å²) in [6.45, 7) is 4.95. The van der Waals surface area contributed by atoms with Gasteiger partial charge in [0.25, 0.3) is 0 Å². The highest BCUT2D eigenvalue weighted by molar-refractivity contribution is 6.31. The van der Waals surface area contributed by atoms with Crippen molar-refractivity contribution in [3.8, 4) is 28.8 Å². The number of rotatable bonds is 12. The molecule has 0 radical (unpaired) electrons. The fourth-order valence-electron chi connectivity index (χ4n) is 5.96. The zero-order valence-corrected chi connectivity index (χ0v) is 33.0. The van der Waals surface area contributed by atoms with Crippen LogP contribution in [0.25, 0.3) is 33.2 Å². The molecule has 3 aromatic heterocycles.